The summed E-state index contributed by atoms with van der Waals surface area (Å²) in [5.74, 6) is -0.360. The molecule has 3 rings (SSSR count). The van der Waals surface area contributed by atoms with Gasteiger partial charge in [0, 0.05) is 0 Å². The fourth-order valence-corrected chi connectivity index (χ4v) is 3.48. The lowest BCUT2D eigenvalue weighted by atomic mass is 10.0. The molecule has 0 aromatic heterocycles. The molecule has 0 heterocycles. The molecule has 0 N–H and O–H groups in total. The highest BCUT2D eigenvalue weighted by atomic mass is 19.1. The van der Waals surface area contributed by atoms with Crippen LogP contribution in [-0.4, -0.2) is 12.6 Å². The van der Waals surface area contributed by atoms with Crippen molar-refractivity contribution in [3.63, 3.8) is 0 Å². The van der Waals surface area contributed by atoms with E-state index in [1.54, 1.807) is 24.3 Å². The largest absolute Gasteiger partial charge is 0.494 e. The van der Waals surface area contributed by atoms with Gasteiger partial charge in [-0.2, -0.15) is 0 Å². The van der Waals surface area contributed by atoms with Crippen LogP contribution in [0, 0.1) is 5.82 Å². The SMILES string of the molecule is CCCCCCCCCOc1ccc(-c2ccc(C(=O)Oc3ccccc3F)cc2)cc1. The third-order valence-electron chi connectivity index (χ3n) is 5.36. The van der Waals surface area contributed by atoms with Gasteiger partial charge < -0.3 is 9.47 Å². The smallest absolute Gasteiger partial charge is 0.343 e. The summed E-state index contributed by atoms with van der Waals surface area (Å²) in [6.07, 6.45) is 8.86. The van der Waals surface area contributed by atoms with Gasteiger partial charge in [0.25, 0.3) is 0 Å². The molecule has 0 fully saturated rings. The second-order valence-electron chi connectivity index (χ2n) is 7.89. The van der Waals surface area contributed by atoms with Crippen molar-refractivity contribution in [2.24, 2.45) is 0 Å². The maximum atomic E-state index is 13.7. The lowest BCUT2D eigenvalue weighted by molar-refractivity contribution is 0.0728. The third-order valence-corrected chi connectivity index (χ3v) is 5.36. The van der Waals surface area contributed by atoms with Crippen molar-refractivity contribution in [2.45, 2.75) is 51.9 Å². The number of carbonyl (C=O) groups excluding carboxylic acids is 1. The molecule has 0 amide bonds. The van der Waals surface area contributed by atoms with Gasteiger partial charge in [-0.1, -0.05) is 81.8 Å². The monoisotopic (exact) mass is 434 g/mol. The molecule has 0 radical (unpaired) electrons. The molecule has 0 unspecified atom stereocenters. The summed E-state index contributed by atoms with van der Waals surface area (Å²) >= 11 is 0. The van der Waals surface area contributed by atoms with Crippen LogP contribution in [-0.2, 0) is 0 Å². The molecule has 3 aromatic carbocycles. The number of benzene rings is 3. The molecular formula is C28H31FO3. The maximum absolute atomic E-state index is 13.7. The molecule has 0 aliphatic carbocycles. The molecular weight excluding hydrogens is 403 g/mol. The van der Waals surface area contributed by atoms with Gasteiger partial charge in [0.15, 0.2) is 11.6 Å². The number of esters is 1. The Labute approximate surface area is 190 Å². The van der Waals surface area contributed by atoms with Crippen LogP contribution in [0.4, 0.5) is 4.39 Å². The van der Waals surface area contributed by atoms with Crippen molar-refractivity contribution in [3.05, 3.63) is 84.2 Å². The van der Waals surface area contributed by atoms with E-state index in [9.17, 15) is 9.18 Å². The van der Waals surface area contributed by atoms with E-state index in [0.29, 0.717) is 5.56 Å². The van der Waals surface area contributed by atoms with E-state index in [1.165, 1.54) is 50.7 Å². The second-order valence-corrected chi connectivity index (χ2v) is 7.89. The zero-order chi connectivity index (χ0) is 22.6. The number of rotatable bonds is 12. The standard InChI is InChI=1S/C28H31FO3/c1-2-3-4-5-6-7-10-21-31-25-19-17-23(18-20-25)22-13-15-24(16-14-22)28(30)32-27-12-9-8-11-26(27)29/h8-9,11-20H,2-7,10,21H2,1H3. The Morgan fingerprint density at radius 3 is 2.00 bits per heavy atom. The zero-order valence-corrected chi connectivity index (χ0v) is 18.7. The molecule has 32 heavy (non-hydrogen) atoms. The molecule has 4 heteroatoms. The van der Waals surface area contributed by atoms with Gasteiger partial charge in [0.1, 0.15) is 5.75 Å². The third kappa shape index (κ3) is 7.23. The predicted octanol–water partition coefficient (Wildman–Crippen LogP) is 7.84. The van der Waals surface area contributed by atoms with Gasteiger partial charge in [-0.3, -0.25) is 0 Å². The Kier molecular flexibility index (Phi) is 9.30. The maximum Gasteiger partial charge on any atom is 0.343 e. The Bertz CT molecular complexity index is 965. The topological polar surface area (TPSA) is 35.5 Å². The molecule has 0 aliphatic rings. The zero-order valence-electron chi connectivity index (χ0n) is 18.7. The minimum atomic E-state index is -0.587. The first kappa shape index (κ1) is 23.5. The summed E-state index contributed by atoms with van der Waals surface area (Å²) in [5, 5.41) is 0. The Balaban J connectivity index is 1.46. The van der Waals surface area contributed by atoms with E-state index >= 15 is 0 Å². The van der Waals surface area contributed by atoms with Gasteiger partial charge in [0.05, 0.1) is 12.2 Å². The van der Waals surface area contributed by atoms with E-state index in [4.69, 9.17) is 9.47 Å². The average Bonchev–Trinajstić information content (AvgIpc) is 2.83. The minimum Gasteiger partial charge on any atom is -0.494 e. The summed E-state index contributed by atoms with van der Waals surface area (Å²) in [6, 6.07) is 20.9. The van der Waals surface area contributed by atoms with Gasteiger partial charge in [-0.25, -0.2) is 9.18 Å². The van der Waals surface area contributed by atoms with Crippen LogP contribution < -0.4 is 9.47 Å². The minimum absolute atomic E-state index is 0.0753. The van der Waals surface area contributed by atoms with E-state index in [2.05, 4.69) is 6.92 Å². The van der Waals surface area contributed by atoms with E-state index in [1.807, 2.05) is 36.4 Å². The number of halogens is 1. The molecule has 0 aliphatic heterocycles. The molecule has 0 saturated heterocycles. The van der Waals surface area contributed by atoms with Crippen LogP contribution in [0.1, 0.15) is 62.2 Å². The quantitative estimate of drug-likeness (QED) is 0.165. The van der Waals surface area contributed by atoms with Crippen LogP contribution in [0.5, 0.6) is 11.5 Å². The fraction of sp³-hybridized carbons (Fsp3) is 0.321. The number of carbonyl (C=O) groups is 1. The Morgan fingerprint density at radius 2 is 1.34 bits per heavy atom. The Morgan fingerprint density at radius 1 is 0.750 bits per heavy atom. The lowest BCUT2D eigenvalue weighted by Crippen LogP contribution is -2.09. The Hall–Kier alpha value is -3.14. The van der Waals surface area contributed by atoms with Crippen LogP contribution in [0.3, 0.4) is 0 Å². The first-order valence-electron chi connectivity index (χ1n) is 11.5. The highest BCUT2D eigenvalue weighted by molar-refractivity contribution is 5.91. The summed E-state index contributed by atoms with van der Waals surface area (Å²) in [5.41, 5.74) is 2.38. The van der Waals surface area contributed by atoms with Gasteiger partial charge in [0.2, 0.25) is 0 Å². The summed E-state index contributed by atoms with van der Waals surface area (Å²) in [4.78, 5) is 12.3. The van der Waals surface area contributed by atoms with Crippen LogP contribution >= 0.6 is 0 Å². The number of ether oxygens (including phenoxy) is 2. The van der Waals surface area contributed by atoms with Gasteiger partial charge in [-0.05, 0) is 53.9 Å². The van der Waals surface area contributed by atoms with E-state index in [-0.39, 0.29) is 5.75 Å². The molecule has 0 spiro atoms. The average molecular weight is 435 g/mol. The first-order chi connectivity index (χ1) is 15.7. The van der Waals surface area contributed by atoms with Crippen molar-refractivity contribution in [3.8, 4) is 22.6 Å². The van der Waals surface area contributed by atoms with Gasteiger partial charge >= 0.3 is 5.97 Å². The fourth-order valence-electron chi connectivity index (χ4n) is 3.48. The van der Waals surface area contributed by atoms with Gasteiger partial charge in [-0.15, -0.1) is 0 Å². The van der Waals surface area contributed by atoms with E-state index in [0.717, 1.165) is 29.9 Å². The lowest BCUT2D eigenvalue weighted by Gasteiger charge is -2.08. The van der Waals surface area contributed by atoms with Crippen molar-refractivity contribution in [1.82, 2.24) is 0 Å². The highest BCUT2D eigenvalue weighted by Crippen LogP contribution is 2.24. The van der Waals surface area contributed by atoms with Crippen molar-refractivity contribution < 1.29 is 18.7 Å². The molecule has 168 valence electrons. The first-order valence-corrected chi connectivity index (χ1v) is 11.5. The molecule has 0 bridgehead atoms. The van der Waals surface area contributed by atoms with Crippen LogP contribution in [0.25, 0.3) is 11.1 Å². The second kappa shape index (κ2) is 12.7. The number of para-hydroxylation sites is 1. The van der Waals surface area contributed by atoms with E-state index < -0.39 is 11.8 Å². The summed E-state index contributed by atoms with van der Waals surface area (Å²) in [6.45, 7) is 2.98. The normalized spacial score (nSPS) is 10.7. The van der Waals surface area contributed by atoms with Crippen LogP contribution in [0.15, 0.2) is 72.8 Å². The van der Waals surface area contributed by atoms with Crippen LogP contribution in [0.2, 0.25) is 0 Å². The number of unbranched alkanes of at least 4 members (excludes halogenated alkanes) is 6. The molecule has 0 atom stereocenters. The number of hydrogen-bond donors (Lipinski definition) is 0. The van der Waals surface area contributed by atoms with Crippen molar-refractivity contribution in [1.29, 1.82) is 0 Å². The highest BCUT2D eigenvalue weighted by Gasteiger charge is 2.11. The molecule has 3 aromatic rings. The van der Waals surface area contributed by atoms with Crippen molar-refractivity contribution >= 4 is 5.97 Å². The molecule has 3 nitrogen and oxygen atoms in total. The summed E-state index contributed by atoms with van der Waals surface area (Å²) in [7, 11) is 0. The van der Waals surface area contributed by atoms with Crippen molar-refractivity contribution in [2.75, 3.05) is 6.61 Å². The summed E-state index contributed by atoms with van der Waals surface area (Å²) < 4.78 is 24.7. The number of hydrogen-bond acceptors (Lipinski definition) is 3. The molecule has 0 saturated carbocycles. The predicted molar refractivity (Wildman–Crippen MR) is 127 cm³/mol.